The number of hydrogen-bond donors (Lipinski definition) is 1. The Morgan fingerprint density at radius 3 is 1.83 bits per heavy atom. The molecule has 0 aliphatic carbocycles. The zero-order chi connectivity index (χ0) is 21.2. The highest BCUT2D eigenvalue weighted by Crippen LogP contribution is 2.39. The van der Waals surface area contributed by atoms with Gasteiger partial charge in [-0.05, 0) is 42.5 Å². The second kappa shape index (κ2) is 7.94. The maximum atomic E-state index is 12.9. The van der Waals surface area contributed by atoms with E-state index in [-0.39, 0.29) is 17.7 Å². The third-order valence-electron chi connectivity index (χ3n) is 4.30. The number of benzene rings is 2. The predicted molar refractivity (Wildman–Crippen MR) is 91.7 cm³/mol. The van der Waals surface area contributed by atoms with Gasteiger partial charge < -0.3 is 15.0 Å². The van der Waals surface area contributed by atoms with Crippen LogP contribution in [0, 0.1) is 0 Å². The molecule has 1 fully saturated rings. The lowest BCUT2D eigenvalue weighted by molar-refractivity contribution is -0.143. The lowest BCUT2D eigenvalue weighted by atomic mass is 10.1. The van der Waals surface area contributed by atoms with Crippen LogP contribution >= 0.6 is 0 Å². The van der Waals surface area contributed by atoms with E-state index in [1.165, 1.54) is 24.3 Å². The largest absolute Gasteiger partial charge is 0.457 e. The van der Waals surface area contributed by atoms with Crippen molar-refractivity contribution in [3.05, 3.63) is 59.2 Å². The molecule has 0 atom stereocenters. The molecule has 1 N–H and O–H groups in total. The summed E-state index contributed by atoms with van der Waals surface area (Å²) in [5.41, 5.74) is -2.58. The SMILES string of the molecule is O=C(c1ccc(Oc2cc(C(F)(F)F)cc(C(F)(F)F)c2)cc1)N1CCNCC1. The van der Waals surface area contributed by atoms with Gasteiger partial charge in [-0.2, -0.15) is 26.3 Å². The first kappa shape index (κ1) is 21.0. The van der Waals surface area contributed by atoms with Gasteiger partial charge in [-0.15, -0.1) is 0 Å². The van der Waals surface area contributed by atoms with Gasteiger partial charge in [-0.1, -0.05) is 0 Å². The third kappa shape index (κ3) is 5.20. The molecule has 1 amide bonds. The minimum absolute atomic E-state index is 0.00862. The first-order valence-electron chi connectivity index (χ1n) is 8.61. The molecule has 2 aromatic rings. The fraction of sp³-hybridized carbons (Fsp3) is 0.316. The number of carbonyl (C=O) groups is 1. The summed E-state index contributed by atoms with van der Waals surface area (Å²) in [5, 5.41) is 3.11. The number of nitrogens with zero attached hydrogens (tertiary/aromatic N) is 1. The maximum Gasteiger partial charge on any atom is 0.416 e. The Balaban J connectivity index is 1.81. The van der Waals surface area contributed by atoms with Crippen molar-refractivity contribution in [2.75, 3.05) is 26.2 Å². The maximum absolute atomic E-state index is 12.9. The number of ether oxygens (including phenoxy) is 1. The molecule has 1 saturated heterocycles. The van der Waals surface area contributed by atoms with Crippen molar-refractivity contribution in [2.45, 2.75) is 12.4 Å². The molecule has 0 spiro atoms. The zero-order valence-corrected chi connectivity index (χ0v) is 14.9. The smallest absolute Gasteiger partial charge is 0.416 e. The van der Waals surface area contributed by atoms with Gasteiger partial charge in [0.25, 0.3) is 5.91 Å². The van der Waals surface area contributed by atoms with Gasteiger partial charge in [-0.3, -0.25) is 4.79 Å². The topological polar surface area (TPSA) is 41.6 Å². The molecule has 2 aromatic carbocycles. The van der Waals surface area contributed by atoms with Crippen LogP contribution in [0.1, 0.15) is 21.5 Å². The van der Waals surface area contributed by atoms with Crippen LogP contribution in [0.3, 0.4) is 0 Å². The summed E-state index contributed by atoms with van der Waals surface area (Å²) in [5.74, 6) is -0.806. The number of nitrogens with one attached hydrogen (secondary N) is 1. The van der Waals surface area contributed by atoms with E-state index in [0.717, 1.165) is 0 Å². The van der Waals surface area contributed by atoms with Crippen molar-refractivity contribution in [3.63, 3.8) is 0 Å². The minimum Gasteiger partial charge on any atom is -0.457 e. The first-order chi connectivity index (χ1) is 13.5. The van der Waals surface area contributed by atoms with Crippen molar-refractivity contribution in [3.8, 4) is 11.5 Å². The van der Waals surface area contributed by atoms with E-state index in [9.17, 15) is 31.1 Å². The predicted octanol–water partition coefficient (Wildman–Crippen LogP) is 4.56. The number of halogens is 6. The molecule has 1 heterocycles. The fourth-order valence-corrected chi connectivity index (χ4v) is 2.84. The first-order valence-corrected chi connectivity index (χ1v) is 8.61. The lowest BCUT2D eigenvalue weighted by Gasteiger charge is -2.27. The Morgan fingerprint density at radius 2 is 1.34 bits per heavy atom. The van der Waals surface area contributed by atoms with Gasteiger partial charge in [0.05, 0.1) is 11.1 Å². The number of hydrogen-bond acceptors (Lipinski definition) is 3. The van der Waals surface area contributed by atoms with Gasteiger partial charge in [0.15, 0.2) is 0 Å². The van der Waals surface area contributed by atoms with Gasteiger partial charge in [-0.25, -0.2) is 0 Å². The number of rotatable bonds is 3. The molecule has 0 radical (unpaired) electrons. The Hall–Kier alpha value is -2.75. The van der Waals surface area contributed by atoms with Gasteiger partial charge >= 0.3 is 12.4 Å². The Kier molecular flexibility index (Phi) is 5.74. The molecule has 1 aliphatic rings. The summed E-state index contributed by atoms with van der Waals surface area (Å²) in [7, 11) is 0. The standard InChI is InChI=1S/C19H16F6N2O2/c20-18(21,22)13-9-14(19(23,24)25)11-16(10-13)29-15-3-1-12(2-4-15)17(28)27-7-5-26-6-8-27/h1-4,9-11,26H,5-8H2. The quantitative estimate of drug-likeness (QED) is 0.743. The summed E-state index contributed by atoms with van der Waals surface area (Å²) < 4.78 is 82.7. The summed E-state index contributed by atoms with van der Waals surface area (Å²) in [6, 6.07) is 6.49. The normalized spacial score (nSPS) is 15.3. The summed E-state index contributed by atoms with van der Waals surface area (Å²) >= 11 is 0. The molecule has 156 valence electrons. The number of amides is 1. The van der Waals surface area contributed by atoms with Gasteiger partial charge in [0.2, 0.25) is 0 Å². The fourth-order valence-electron chi connectivity index (χ4n) is 2.84. The van der Waals surface area contributed by atoms with E-state index in [0.29, 0.717) is 43.9 Å². The van der Waals surface area contributed by atoms with Crippen LogP contribution in [0.25, 0.3) is 0 Å². The Morgan fingerprint density at radius 1 is 0.828 bits per heavy atom. The van der Waals surface area contributed by atoms with Crippen molar-refractivity contribution in [1.29, 1.82) is 0 Å². The van der Waals surface area contributed by atoms with E-state index in [4.69, 9.17) is 4.74 Å². The highest BCUT2D eigenvalue weighted by Gasteiger charge is 2.37. The highest BCUT2D eigenvalue weighted by atomic mass is 19.4. The molecule has 0 aromatic heterocycles. The molecule has 0 bridgehead atoms. The second-order valence-corrected chi connectivity index (χ2v) is 6.41. The van der Waals surface area contributed by atoms with Gasteiger partial charge in [0, 0.05) is 31.7 Å². The number of piperazine rings is 1. The molecule has 0 unspecified atom stereocenters. The van der Waals surface area contributed by atoms with Crippen molar-refractivity contribution < 1.29 is 35.9 Å². The van der Waals surface area contributed by atoms with Crippen LogP contribution in [0.15, 0.2) is 42.5 Å². The molecule has 3 rings (SSSR count). The minimum atomic E-state index is -4.96. The van der Waals surface area contributed by atoms with E-state index in [1.54, 1.807) is 4.90 Å². The molecular weight excluding hydrogens is 402 g/mol. The zero-order valence-electron chi connectivity index (χ0n) is 14.9. The molecular formula is C19H16F6N2O2. The van der Waals surface area contributed by atoms with E-state index < -0.39 is 29.2 Å². The van der Waals surface area contributed by atoms with E-state index >= 15 is 0 Å². The second-order valence-electron chi connectivity index (χ2n) is 6.41. The average Bonchev–Trinajstić information content (AvgIpc) is 2.67. The summed E-state index contributed by atoms with van der Waals surface area (Å²) in [6.07, 6.45) is -9.92. The van der Waals surface area contributed by atoms with Crippen molar-refractivity contribution in [2.24, 2.45) is 0 Å². The van der Waals surface area contributed by atoms with Crippen LogP contribution < -0.4 is 10.1 Å². The van der Waals surface area contributed by atoms with E-state index in [1.807, 2.05) is 0 Å². The van der Waals surface area contributed by atoms with E-state index in [2.05, 4.69) is 5.32 Å². The molecule has 1 aliphatic heterocycles. The van der Waals surface area contributed by atoms with Crippen molar-refractivity contribution >= 4 is 5.91 Å². The number of carbonyl (C=O) groups excluding carboxylic acids is 1. The average molecular weight is 418 g/mol. The van der Waals surface area contributed by atoms with Crippen LogP contribution in [-0.2, 0) is 12.4 Å². The Bertz CT molecular complexity index is 839. The number of alkyl halides is 6. The molecule has 4 nitrogen and oxygen atoms in total. The monoisotopic (exact) mass is 418 g/mol. The summed E-state index contributed by atoms with van der Waals surface area (Å²) in [4.78, 5) is 14.0. The lowest BCUT2D eigenvalue weighted by Crippen LogP contribution is -2.46. The molecule has 29 heavy (non-hydrogen) atoms. The summed E-state index contributed by atoms with van der Waals surface area (Å²) in [6.45, 7) is 2.43. The molecule has 0 saturated carbocycles. The molecule has 10 heteroatoms. The van der Waals surface area contributed by atoms with Crippen molar-refractivity contribution in [1.82, 2.24) is 10.2 Å². The van der Waals surface area contributed by atoms with Crippen LogP contribution in [0.4, 0.5) is 26.3 Å². The van der Waals surface area contributed by atoms with Crippen LogP contribution in [0.5, 0.6) is 11.5 Å². The van der Waals surface area contributed by atoms with Gasteiger partial charge in [0.1, 0.15) is 11.5 Å². The van der Waals surface area contributed by atoms with Crippen LogP contribution in [0.2, 0.25) is 0 Å². The Labute approximate surface area is 162 Å². The third-order valence-corrected chi connectivity index (χ3v) is 4.30. The van der Waals surface area contributed by atoms with Crippen LogP contribution in [-0.4, -0.2) is 37.0 Å². The highest BCUT2D eigenvalue weighted by molar-refractivity contribution is 5.94.